The van der Waals surface area contributed by atoms with Gasteiger partial charge in [0.1, 0.15) is 0 Å². The Morgan fingerprint density at radius 1 is 0.926 bits per heavy atom. The van der Waals surface area contributed by atoms with Gasteiger partial charge in [-0.1, -0.05) is 30.3 Å². The van der Waals surface area contributed by atoms with Crippen molar-refractivity contribution in [2.45, 2.75) is 6.54 Å². The van der Waals surface area contributed by atoms with Gasteiger partial charge in [0.05, 0.1) is 18.4 Å². The molecule has 0 spiro atoms. The van der Waals surface area contributed by atoms with Gasteiger partial charge in [-0.15, -0.1) is 0 Å². The zero-order chi connectivity index (χ0) is 19.4. The molecule has 0 radical (unpaired) electrons. The molecule has 1 aromatic heterocycles. The van der Waals surface area contributed by atoms with E-state index in [1.165, 1.54) is 12.4 Å². The molecule has 138 valence electrons. The van der Waals surface area contributed by atoms with E-state index in [0.29, 0.717) is 18.7 Å². The topological polar surface area (TPSA) is 76.0 Å². The van der Waals surface area contributed by atoms with Crippen LogP contribution >= 0.6 is 0 Å². The maximum Gasteiger partial charge on any atom is 0.314 e. The number of benzene rings is 2. The molecule has 0 aliphatic carbocycles. The number of hydrogen-bond donors (Lipinski definition) is 2. The predicted molar refractivity (Wildman–Crippen MR) is 91.3 cm³/mol. The Labute approximate surface area is 151 Å². The average molecular weight is 374 g/mol. The van der Waals surface area contributed by atoms with Crippen LogP contribution in [-0.4, -0.2) is 21.6 Å². The lowest BCUT2D eigenvalue weighted by Gasteiger charge is -2.06. The van der Waals surface area contributed by atoms with E-state index in [2.05, 4.69) is 10.4 Å². The van der Waals surface area contributed by atoms with Gasteiger partial charge in [-0.3, -0.25) is 14.3 Å². The predicted octanol–water partition coefficient (Wildman–Crippen LogP) is 2.93. The quantitative estimate of drug-likeness (QED) is 0.545. The number of rotatable bonds is 4. The van der Waals surface area contributed by atoms with E-state index in [9.17, 15) is 22.8 Å². The monoisotopic (exact) mass is 374 g/mol. The molecule has 0 unspecified atom stereocenters. The summed E-state index contributed by atoms with van der Waals surface area (Å²) in [5.41, 5.74) is 0.880. The van der Waals surface area contributed by atoms with Gasteiger partial charge in [-0.25, -0.2) is 13.2 Å². The molecule has 1 heterocycles. The van der Waals surface area contributed by atoms with Gasteiger partial charge in [0.2, 0.25) is 0 Å². The SMILES string of the molecule is O=C(Nc1cc(F)c(F)c(F)c1)C(=O)Nc1cnn(Cc2ccccc2)c1. The van der Waals surface area contributed by atoms with Crippen LogP contribution < -0.4 is 10.6 Å². The smallest absolute Gasteiger partial charge is 0.314 e. The second kappa shape index (κ2) is 7.73. The summed E-state index contributed by atoms with van der Waals surface area (Å²) < 4.78 is 40.7. The van der Waals surface area contributed by atoms with E-state index in [-0.39, 0.29) is 11.4 Å². The van der Waals surface area contributed by atoms with Crippen molar-refractivity contribution in [1.29, 1.82) is 0 Å². The number of nitrogens with one attached hydrogen (secondary N) is 2. The Morgan fingerprint density at radius 3 is 2.15 bits per heavy atom. The number of amides is 2. The van der Waals surface area contributed by atoms with Gasteiger partial charge in [0, 0.05) is 24.0 Å². The van der Waals surface area contributed by atoms with Gasteiger partial charge >= 0.3 is 11.8 Å². The van der Waals surface area contributed by atoms with Crippen LogP contribution in [0, 0.1) is 17.5 Å². The number of hydrogen-bond acceptors (Lipinski definition) is 3. The minimum Gasteiger partial charge on any atom is -0.318 e. The number of halogens is 3. The standard InChI is InChI=1S/C18H13F3N4O2/c19-14-6-12(7-15(20)16(14)21)23-17(26)18(27)24-13-8-22-25(10-13)9-11-4-2-1-3-5-11/h1-8,10H,9H2,(H,23,26)(H,24,27). The summed E-state index contributed by atoms with van der Waals surface area (Å²) in [4.78, 5) is 23.7. The second-order valence-corrected chi connectivity index (χ2v) is 5.57. The summed E-state index contributed by atoms with van der Waals surface area (Å²) in [5, 5.41) is 8.38. The van der Waals surface area contributed by atoms with Crippen LogP contribution in [-0.2, 0) is 16.1 Å². The molecule has 0 aliphatic rings. The Balaban J connectivity index is 1.61. The molecule has 0 aliphatic heterocycles. The van der Waals surface area contributed by atoms with Crippen molar-refractivity contribution in [3.63, 3.8) is 0 Å². The number of nitrogens with zero attached hydrogens (tertiary/aromatic N) is 2. The lowest BCUT2D eigenvalue weighted by atomic mass is 10.2. The van der Waals surface area contributed by atoms with E-state index >= 15 is 0 Å². The van der Waals surface area contributed by atoms with E-state index in [0.717, 1.165) is 5.56 Å². The molecule has 2 amide bonds. The minimum absolute atomic E-state index is 0.266. The molecular weight excluding hydrogens is 361 g/mol. The number of carbonyl (C=O) groups is 2. The first-order valence-corrected chi connectivity index (χ1v) is 7.75. The second-order valence-electron chi connectivity index (χ2n) is 5.57. The zero-order valence-electron chi connectivity index (χ0n) is 13.7. The summed E-state index contributed by atoms with van der Waals surface area (Å²) in [6.07, 6.45) is 2.88. The van der Waals surface area contributed by atoms with E-state index < -0.39 is 29.3 Å². The highest BCUT2D eigenvalue weighted by atomic mass is 19.2. The lowest BCUT2D eigenvalue weighted by molar-refractivity contribution is -0.133. The fourth-order valence-electron chi connectivity index (χ4n) is 2.29. The van der Waals surface area contributed by atoms with Crippen molar-refractivity contribution in [3.8, 4) is 0 Å². The molecular formula is C18H13F3N4O2. The number of aromatic nitrogens is 2. The van der Waals surface area contributed by atoms with E-state index in [1.807, 2.05) is 35.6 Å². The molecule has 2 N–H and O–H groups in total. The van der Waals surface area contributed by atoms with Crippen molar-refractivity contribution in [1.82, 2.24) is 9.78 Å². The highest BCUT2D eigenvalue weighted by Gasteiger charge is 2.17. The molecule has 0 saturated heterocycles. The first kappa shape index (κ1) is 18.2. The third-order valence-corrected chi connectivity index (χ3v) is 3.53. The Bertz CT molecular complexity index is 966. The summed E-state index contributed by atoms with van der Waals surface area (Å²) in [5.74, 6) is -6.86. The molecule has 3 aromatic rings. The molecule has 0 atom stereocenters. The molecule has 6 nitrogen and oxygen atoms in total. The van der Waals surface area contributed by atoms with Gasteiger partial charge < -0.3 is 10.6 Å². The van der Waals surface area contributed by atoms with E-state index in [1.54, 1.807) is 4.68 Å². The molecule has 9 heteroatoms. The van der Waals surface area contributed by atoms with Crippen molar-refractivity contribution < 1.29 is 22.8 Å². The zero-order valence-corrected chi connectivity index (χ0v) is 13.7. The molecule has 0 saturated carbocycles. The Kier molecular flexibility index (Phi) is 5.20. The fourth-order valence-corrected chi connectivity index (χ4v) is 2.29. The van der Waals surface area contributed by atoms with Crippen LogP contribution in [0.2, 0.25) is 0 Å². The molecule has 0 bridgehead atoms. The maximum absolute atomic E-state index is 13.1. The largest absolute Gasteiger partial charge is 0.318 e. The van der Waals surface area contributed by atoms with E-state index in [4.69, 9.17) is 0 Å². The van der Waals surface area contributed by atoms with Gasteiger partial charge in [0.15, 0.2) is 17.5 Å². The Hall–Kier alpha value is -3.62. The van der Waals surface area contributed by atoms with Crippen LogP contribution in [0.4, 0.5) is 24.5 Å². The number of anilines is 2. The molecule has 2 aromatic carbocycles. The average Bonchev–Trinajstić information content (AvgIpc) is 3.07. The lowest BCUT2D eigenvalue weighted by Crippen LogP contribution is -2.29. The molecule has 3 rings (SSSR count). The van der Waals surface area contributed by atoms with Crippen LogP contribution in [0.1, 0.15) is 5.56 Å². The van der Waals surface area contributed by atoms with Crippen LogP contribution in [0.25, 0.3) is 0 Å². The van der Waals surface area contributed by atoms with Gasteiger partial charge in [-0.2, -0.15) is 5.10 Å². The van der Waals surface area contributed by atoms with Gasteiger partial charge in [0.25, 0.3) is 0 Å². The van der Waals surface area contributed by atoms with Crippen molar-refractivity contribution in [3.05, 3.63) is 77.9 Å². The summed E-state index contributed by atoms with van der Waals surface area (Å²) in [6.45, 7) is 0.469. The summed E-state index contributed by atoms with van der Waals surface area (Å²) in [6, 6.07) is 10.6. The fraction of sp³-hybridized carbons (Fsp3) is 0.0556. The number of carbonyl (C=O) groups excluding carboxylic acids is 2. The first-order chi connectivity index (χ1) is 12.9. The van der Waals surface area contributed by atoms with Crippen LogP contribution in [0.3, 0.4) is 0 Å². The normalized spacial score (nSPS) is 10.5. The van der Waals surface area contributed by atoms with Crippen LogP contribution in [0.5, 0.6) is 0 Å². The maximum atomic E-state index is 13.1. The van der Waals surface area contributed by atoms with Gasteiger partial charge in [-0.05, 0) is 5.56 Å². The highest BCUT2D eigenvalue weighted by molar-refractivity contribution is 6.43. The molecule has 27 heavy (non-hydrogen) atoms. The molecule has 0 fully saturated rings. The highest BCUT2D eigenvalue weighted by Crippen LogP contribution is 2.17. The van der Waals surface area contributed by atoms with Crippen molar-refractivity contribution in [2.75, 3.05) is 10.6 Å². The van der Waals surface area contributed by atoms with Crippen molar-refractivity contribution in [2.24, 2.45) is 0 Å². The van der Waals surface area contributed by atoms with Crippen LogP contribution in [0.15, 0.2) is 54.9 Å². The summed E-state index contributed by atoms with van der Waals surface area (Å²) >= 11 is 0. The Morgan fingerprint density at radius 2 is 1.52 bits per heavy atom. The van der Waals surface area contributed by atoms with Crippen molar-refractivity contribution >= 4 is 23.2 Å². The minimum atomic E-state index is -1.66. The third-order valence-electron chi connectivity index (χ3n) is 3.53. The summed E-state index contributed by atoms with van der Waals surface area (Å²) in [7, 11) is 0. The third kappa shape index (κ3) is 4.51. The first-order valence-electron chi connectivity index (χ1n) is 7.75.